The Labute approximate surface area is 182 Å². The van der Waals surface area contributed by atoms with Crippen molar-refractivity contribution < 1.29 is 14.3 Å². The average Bonchev–Trinajstić information content (AvgIpc) is 3.06. The van der Waals surface area contributed by atoms with Gasteiger partial charge in [0.2, 0.25) is 0 Å². The Hall–Kier alpha value is -2.44. The molecule has 0 bridgehead atoms. The predicted molar refractivity (Wildman–Crippen MR) is 117 cm³/mol. The molecule has 8 heteroatoms. The zero-order chi connectivity index (χ0) is 22.8. The normalized spacial score (nSPS) is 34.8. The van der Waals surface area contributed by atoms with E-state index in [4.69, 9.17) is 10.5 Å². The first-order valence-corrected chi connectivity index (χ1v) is 10.9. The zero-order valence-electron chi connectivity index (χ0n) is 18.8. The Morgan fingerprint density at radius 1 is 1.35 bits per heavy atom. The van der Waals surface area contributed by atoms with Crippen LogP contribution < -0.4 is 0 Å². The van der Waals surface area contributed by atoms with Crippen LogP contribution >= 0.6 is 0 Å². The van der Waals surface area contributed by atoms with Crippen molar-refractivity contribution in [3.05, 3.63) is 39.8 Å². The third-order valence-corrected chi connectivity index (χ3v) is 7.34. The van der Waals surface area contributed by atoms with E-state index in [1.54, 1.807) is 19.1 Å². The number of aliphatic imine (C=N–C) groups is 1. The van der Waals surface area contributed by atoms with Gasteiger partial charge in [0, 0.05) is 16.0 Å². The smallest absolute Gasteiger partial charge is 0.261 e. The highest BCUT2D eigenvalue weighted by atomic mass is 19.1. The lowest BCUT2D eigenvalue weighted by atomic mass is 9.56. The predicted octanol–water partition coefficient (Wildman–Crippen LogP) is 4.80. The Morgan fingerprint density at radius 3 is 2.58 bits per heavy atom. The number of aliphatic hydroxyl groups excluding tert-OH is 1. The molecular weight excluding hydrogens is 397 g/mol. The highest BCUT2D eigenvalue weighted by Crippen LogP contribution is 2.63. The second-order valence-corrected chi connectivity index (χ2v) is 10.3. The summed E-state index contributed by atoms with van der Waals surface area (Å²) in [5.41, 5.74) is 7.81. The van der Waals surface area contributed by atoms with Gasteiger partial charge in [-0.1, -0.05) is 31.1 Å². The number of hydrogen-bond donors (Lipinski definition) is 1. The standard InChI is InChI=1S/C23H30FN5O2/c1-13-9-22(10-14(2)19(13)30)11-16-6-7-17(27-28-25)8-18(16)23(22)20(31)29(15(3)26-23)12-21(4,5)24/h6-8,13-14,19,30H,9-12H2,1-5H3/t13-,14+,19+,22+,23-/m1/s1. The van der Waals surface area contributed by atoms with E-state index in [9.17, 15) is 14.3 Å². The molecule has 7 nitrogen and oxygen atoms in total. The van der Waals surface area contributed by atoms with Gasteiger partial charge in [0.05, 0.1) is 12.6 Å². The van der Waals surface area contributed by atoms with E-state index in [1.165, 1.54) is 18.7 Å². The molecule has 0 saturated heterocycles. The van der Waals surface area contributed by atoms with Gasteiger partial charge in [0.25, 0.3) is 5.91 Å². The summed E-state index contributed by atoms with van der Waals surface area (Å²) in [5, 5.41) is 14.4. The molecule has 1 N–H and O–H groups in total. The van der Waals surface area contributed by atoms with Crippen molar-refractivity contribution in [1.29, 1.82) is 0 Å². The minimum atomic E-state index is -1.57. The second-order valence-electron chi connectivity index (χ2n) is 10.3. The Morgan fingerprint density at radius 2 is 2.00 bits per heavy atom. The van der Waals surface area contributed by atoms with Crippen molar-refractivity contribution in [3.8, 4) is 0 Å². The summed E-state index contributed by atoms with van der Waals surface area (Å²) in [6, 6.07) is 5.44. The number of azide groups is 1. The molecular formula is C23H30FN5O2. The number of fused-ring (bicyclic) bond motifs is 3. The largest absolute Gasteiger partial charge is 0.393 e. The van der Waals surface area contributed by atoms with Crippen LogP contribution in [0.25, 0.3) is 10.4 Å². The maximum absolute atomic E-state index is 14.6. The van der Waals surface area contributed by atoms with E-state index in [2.05, 4.69) is 10.0 Å². The van der Waals surface area contributed by atoms with Gasteiger partial charge in [-0.2, -0.15) is 0 Å². The summed E-state index contributed by atoms with van der Waals surface area (Å²) in [6.07, 6.45) is 1.49. The second kappa shape index (κ2) is 7.04. The summed E-state index contributed by atoms with van der Waals surface area (Å²) in [6.45, 7) is 8.63. The molecule has 1 aliphatic heterocycles. The van der Waals surface area contributed by atoms with Gasteiger partial charge in [-0.05, 0) is 74.6 Å². The van der Waals surface area contributed by atoms with E-state index in [1.807, 2.05) is 19.9 Å². The zero-order valence-corrected chi connectivity index (χ0v) is 18.8. The third-order valence-electron chi connectivity index (χ3n) is 7.34. The van der Waals surface area contributed by atoms with Gasteiger partial charge in [-0.25, -0.2) is 4.39 Å². The van der Waals surface area contributed by atoms with Crippen molar-refractivity contribution in [3.63, 3.8) is 0 Å². The maximum Gasteiger partial charge on any atom is 0.261 e. The summed E-state index contributed by atoms with van der Waals surface area (Å²) < 4.78 is 14.6. The quantitative estimate of drug-likeness (QED) is 0.425. The number of alkyl halides is 1. The van der Waals surface area contributed by atoms with Crippen molar-refractivity contribution in [2.75, 3.05) is 6.54 Å². The SMILES string of the molecule is CC1=N[C@@]2(C(=O)N1CC(C)(C)F)c1cc(N=[N+]=[N-])ccc1C[C@@]21C[C@@H](C)[C@H](O)[C@@H](C)C1. The molecule has 1 aromatic rings. The van der Waals surface area contributed by atoms with E-state index in [0.717, 1.165) is 11.1 Å². The van der Waals surface area contributed by atoms with Crippen LogP contribution in [0.4, 0.5) is 10.1 Å². The van der Waals surface area contributed by atoms with E-state index >= 15 is 0 Å². The molecule has 166 valence electrons. The van der Waals surface area contributed by atoms with Crippen LogP contribution in [-0.4, -0.2) is 40.1 Å². The molecule has 1 saturated carbocycles. The number of amidine groups is 1. The fourth-order valence-corrected chi connectivity index (χ4v) is 6.28. The molecule has 1 aromatic carbocycles. The van der Waals surface area contributed by atoms with E-state index in [0.29, 0.717) is 30.8 Å². The first kappa shape index (κ1) is 21.8. The summed E-state index contributed by atoms with van der Waals surface area (Å²) in [7, 11) is 0. The third kappa shape index (κ3) is 3.15. The molecule has 1 heterocycles. The van der Waals surface area contributed by atoms with Gasteiger partial charge in [0.15, 0.2) is 5.54 Å². The van der Waals surface area contributed by atoms with Crippen LogP contribution in [0.3, 0.4) is 0 Å². The van der Waals surface area contributed by atoms with Gasteiger partial charge >= 0.3 is 0 Å². The molecule has 1 amide bonds. The lowest BCUT2D eigenvalue weighted by Crippen LogP contribution is -2.55. The topological polar surface area (TPSA) is 102 Å². The van der Waals surface area contributed by atoms with Crippen LogP contribution in [0.2, 0.25) is 0 Å². The molecule has 0 unspecified atom stereocenters. The average molecular weight is 428 g/mol. The Kier molecular flexibility index (Phi) is 4.94. The molecule has 5 atom stereocenters. The highest BCUT2D eigenvalue weighted by Gasteiger charge is 2.67. The molecule has 1 fully saturated rings. The number of carbonyl (C=O) groups is 1. The molecule has 2 spiro atoms. The Bertz CT molecular complexity index is 998. The summed E-state index contributed by atoms with van der Waals surface area (Å²) >= 11 is 0. The molecule has 3 aliphatic rings. The van der Waals surface area contributed by atoms with Crippen LogP contribution in [0, 0.1) is 17.3 Å². The fourth-order valence-electron chi connectivity index (χ4n) is 6.28. The molecule has 2 aliphatic carbocycles. The van der Waals surface area contributed by atoms with Gasteiger partial charge in [-0.15, -0.1) is 0 Å². The first-order chi connectivity index (χ1) is 14.4. The fraction of sp³-hybridized carbons (Fsp3) is 0.652. The number of carbonyl (C=O) groups excluding carboxylic acids is 1. The van der Waals surface area contributed by atoms with Crippen molar-refractivity contribution in [1.82, 2.24) is 4.90 Å². The number of benzene rings is 1. The van der Waals surface area contributed by atoms with Gasteiger partial charge in [-0.3, -0.25) is 14.7 Å². The number of aliphatic hydroxyl groups is 1. The molecule has 0 radical (unpaired) electrons. The molecule has 31 heavy (non-hydrogen) atoms. The molecule has 4 rings (SSSR count). The first-order valence-electron chi connectivity index (χ1n) is 10.9. The highest BCUT2D eigenvalue weighted by molar-refractivity contribution is 6.09. The minimum Gasteiger partial charge on any atom is -0.393 e. The van der Waals surface area contributed by atoms with Crippen LogP contribution in [0.5, 0.6) is 0 Å². The number of hydrogen-bond acceptors (Lipinski definition) is 4. The summed E-state index contributed by atoms with van der Waals surface area (Å²) in [5.74, 6) is 0.287. The Balaban J connectivity index is 1.93. The summed E-state index contributed by atoms with van der Waals surface area (Å²) in [4.78, 5) is 23.4. The lowest BCUT2D eigenvalue weighted by molar-refractivity contribution is -0.142. The van der Waals surface area contributed by atoms with Crippen LogP contribution in [0.1, 0.15) is 58.6 Å². The van der Waals surface area contributed by atoms with Crippen molar-refractivity contribution in [2.45, 2.75) is 71.2 Å². The lowest BCUT2D eigenvalue weighted by Gasteiger charge is -2.49. The van der Waals surface area contributed by atoms with Crippen LogP contribution in [0.15, 0.2) is 28.3 Å². The van der Waals surface area contributed by atoms with Crippen LogP contribution in [-0.2, 0) is 16.8 Å². The minimum absolute atomic E-state index is 0.00140. The monoisotopic (exact) mass is 427 g/mol. The van der Waals surface area contributed by atoms with E-state index in [-0.39, 0.29) is 24.3 Å². The maximum atomic E-state index is 14.6. The number of halogens is 1. The van der Waals surface area contributed by atoms with Gasteiger partial charge in [0.1, 0.15) is 11.5 Å². The van der Waals surface area contributed by atoms with Crippen molar-refractivity contribution >= 4 is 17.4 Å². The molecule has 0 aromatic heterocycles. The number of nitrogens with zero attached hydrogens (tertiary/aromatic N) is 5. The number of amides is 1. The van der Waals surface area contributed by atoms with Gasteiger partial charge < -0.3 is 5.11 Å². The van der Waals surface area contributed by atoms with E-state index < -0.39 is 22.7 Å². The van der Waals surface area contributed by atoms with Crippen molar-refractivity contribution in [2.24, 2.45) is 27.4 Å². The number of rotatable bonds is 3.